The van der Waals surface area contributed by atoms with Gasteiger partial charge in [-0.2, -0.15) is 0 Å². The van der Waals surface area contributed by atoms with Crippen LogP contribution in [0.1, 0.15) is 80.1 Å². The first kappa shape index (κ1) is 33.1. The number of aliphatic hydroxyl groups is 3. The topological polar surface area (TPSA) is 113 Å². The average molecular weight is 520 g/mol. The predicted octanol–water partition coefficient (Wildman–Crippen LogP) is 5.93. The molecule has 1 fully saturated rings. The number of hydrogen-bond donors (Lipinski definition) is 4. The van der Waals surface area contributed by atoms with E-state index < -0.39 is 30.5 Å². The maximum Gasteiger partial charge on any atom is 0.404 e. The Morgan fingerprint density at radius 2 is 1.59 bits per heavy atom. The van der Waals surface area contributed by atoms with Crippen molar-refractivity contribution in [2.45, 2.75) is 104 Å². The van der Waals surface area contributed by atoms with Crippen LogP contribution in [0.25, 0.3) is 0 Å². The summed E-state index contributed by atoms with van der Waals surface area (Å²) in [5.41, 5.74) is 6.38. The van der Waals surface area contributed by atoms with Crippen LogP contribution in [-0.2, 0) is 4.74 Å². The first-order valence-corrected chi connectivity index (χ1v) is 14.0. The number of carbonyl (C=O) groups is 1. The maximum atomic E-state index is 11.5. The molecule has 1 aliphatic carbocycles. The smallest absolute Gasteiger partial charge is 0.404 e. The van der Waals surface area contributed by atoms with Gasteiger partial charge in [-0.15, -0.1) is 0 Å². The molecule has 6 nitrogen and oxygen atoms in total. The molecule has 1 aliphatic rings. The standard InChI is InChI=1S/C31H53NO5/c1-8-9-12-22(4)30(37-31(32)36)25(7)29(35)24(6)18-20(2)17-23(5)28(34)21(3)15-16-27(33)19-26-13-10-11-14-26/h8-9,12,15-17,21-30,33-35H,1,10-11,13-14,18-19H2,2-7H3,(H2,32,36). The van der Waals surface area contributed by atoms with Gasteiger partial charge >= 0.3 is 6.09 Å². The molecule has 9 unspecified atom stereocenters. The Bertz CT molecular complexity index is 770. The van der Waals surface area contributed by atoms with Crippen LogP contribution >= 0.6 is 0 Å². The first-order valence-electron chi connectivity index (χ1n) is 14.0. The second-order valence-electron chi connectivity index (χ2n) is 11.5. The van der Waals surface area contributed by atoms with Crippen molar-refractivity contribution in [2.75, 3.05) is 0 Å². The highest BCUT2D eigenvalue weighted by atomic mass is 16.6. The number of primary amides is 1. The molecule has 5 N–H and O–H groups in total. The fourth-order valence-corrected chi connectivity index (χ4v) is 5.71. The molecule has 0 aromatic carbocycles. The van der Waals surface area contributed by atoms with Crippen molar-refractivity contribution in [3.8, 4) is 0 Å². The molecule has 0 aromatic rings. The number of amides is 1. The molecule has 1 saturated carbocycles. The monoisotopic (exact) mass is 519 g/mol. The lowest BCUT2D eigenvalue weighted by Gasteiger charge is -2.33. The van der Waals surface area contributed by atoms with E-state index in [1.54, 1.807) is 12.2 Å². The molecule has 0 aromatic heterocycles. The Balaban J connectivity index is 2.71. The summed E-state index contributed by atoms with van der Waals surface area (Å²) in [6, 6.07) is 0. The first-order chi connectivity index (χ1) is 17.4. The summed E-state index contributed by atoms with van der Waals surface area (Å²) in [7, 11) is 0. The number of aliphatic hydroxyl groups excluding tert-OH is 3. The molecule has 0 aliphatic heterocycles. The largest absolute Gasteiger partial charge is 0.445 e. The molecule has 0 bridgehead atoms. The van der Waals surface area contributed by atoms with E-state index >= 15 is 0 Å². The summed E-state index contributed by atoms with van der Waals surface area (Å²) in [5, 5.41) is 32.3. The molecule has 212 valence electrons. The van der Waals surface area contributed by atoms with E-state index in [4.69, 9.17) is 10.5 Å². The van der Waals surface area contributed by atoms with Gasteiger partial charge in [-0.25, -0.2) is 4.79 Å². The molecule has 9 atom stereocenters. The van der Waals surface area contributed by atoms with E-state index in [-0.39, 0.29) is 29.6 Å². The molecule has 1 rings (SSSR count). The van der Waals surface area contributed by atoms with Crippen molar-refractivity contribution in [1.82, 2.24) is 0 Å². The highest BCUT2D eigenvalue weighted by Gasteiger charge is 2.33. The van der Waals surface area contributed by atoms with Crippen LogP contribution in [0, 0.1) is 35.5 Å². The Morgan fingerprint density at radius 3 is 2.16 bits per heavy atom. The number of rotatable bonds is 16. The lowest BCUT2D eigenvalue weighted by atomic mass is 9.81. The minimum Gasteiger partial charge on any atom is -0.445 e. The number of hydrogen-bond acceptors (Lipinski definition) is 5. The number of carbonyl (C=O) groups excluding carboxylic acids is 1. The second kappa shape index (κ2) is 16.8. The molecule has 6 heteroatoms. The highest BCUT2D eigenvalue weighted by molar-refractivity contribution is 5.64. The summed E-state index contributed by atoms with van der Waals surface area (Å²) in [6.45, 7) is 15.4. The van der Waals surface area contributed by atoms with Gasteiger partial charge in [0.15, 0.2) is 0 Å². The molecule has 0 radical (unpaired) electrons. The second-order valence-corrected chi connectivity index (χ2v) is 11.5. The van der Waals surface area contributed by atoms with E-state index in [0.717, 1.165) is 12.0 Å². The molecular formula is C31H53NO5. The van der Waals surface area contributed by atoms with Gasteiger partial charge in [0.2, 0.25) is 0 Å². The summed E-state index contributed by atoms with van der Waals surface area (Å²) in [4.78, 5) is 11.5. The van der Waals surface area contributed by atoms with E-state index in [0.29, 0.717) is 12.3 Å². The zero-order chi connectivity index (χ0) is 28.1. The third kappa shape index (κ3) is 12.0. The van der Waals surface area contributed by atoms with Crippen molar-refractivity contribution in [3.63, 3.8) is 0 Å². The van der Waals surface area contributed by atoms with Crippen molar-refractivity contribution >= 4 is 6.09 Å². The third-order valence-electron chi connectivity index (χ3n) is 7.92. The van der Waals surface area contributed by atoms with Crippen molar-refractivity contribution in [2.24, 2.45) is 41.2 Å². The molecule has 0 heterocycles. The van der Waals surface area contributed by atoms with Gasteiger partial charge in [0.05, 0.1) is 18.3 Å². The van der Waals surface area contributed by atoms with Crippen LogP contribution in [0.4, 0.5) is 4.79 Å². The van der Waals surface area contributed by atoms with Crippen molar-refractivity contribution in [3.05, 3.63) is 48.6 Å². The zero-order valence-electron chi connectivity index (χ0n) is 23.9. The normalized spacial score (nSPS) is 22.8. The third-order valence-corrected chi connectivity index (χ3v) is 7.92. The lowest BCUT2D eigenvalue weighted by molar-refractivity contribution is -0.0266. The van der Waals surface area contributed by atoms with Gasteiger partial charge in [0.25, 0.3) is 0 Å². The molecule has 0 spiro atoms. The van der Waals surface area contributed by atoms with E-state index in [2.05, 4.69) is 12.7 Å². The van der Waals surface area contributed by atoms with Crippen LogP contribution in [0.5, 0.6) is 0 Å². The van der Waals surface area contributed by atoms with Crippen LogP contribution in [0.15, 0.2) is 48.6 Å². The molecule has 37 heavy (non-hydrogen) atoms. The van der Waals surface area contributed by atoms with Crippen molar-refractivity contribution in [1.29, 1.82) is 0 Å². The van der Waals surface area contributed by atoms with Crippen LogP contribution in [0.3, 0.4) is 0 Å². The van der Waals surface area contributed by atoms with Gasteiger partial charge in [-0.1, -0.05) is 109 Å². The van der Waals surface area contributed by atoms with Gasteiger partial charge in [-0.05, 0) is 31.6 Å². The molecule has 1 amide bonds. The lowest BCUT2D eigenvalue weighted by Crippen LogP contribution is -2.41. The quantitative estimate of drug-likeness (QED) is 0.149. The van der Waals surface area contributed by atoms with E-state index in [9.17, 15) is 20.1 Å². The average Bonchev–Trinajstić information content (AvgIpc) is 3.35. The number of nitrogens with two attached hydrogens (primary N) is 1. The van der Waals surface area contributed by atoms with Gasteiger partial charge < -0.3 is 25.8 Å². The molecule has 0 saturated heterocycles. The fourth-order valence-electron chi connectivity index (χ4n) is 5.71. The van der Waals surface area contributed by atoms with Crippen LogP contribution in [-0.4, -0.2) is 45.8 Å². The van der Waals surface area contributed by atoms with Gasteiger partial charge in [-0.3, -0.25) is 0 Å². The van der Waals surface area contributed by atoms with Gasteiger partial charge in [0, 0.05) is 23.7 Å². The van der Waals surface area contributed by atoms with Gasteiger partial charge in [0.1, 0.15) is 6.10 Å². The van der Waals surface area contributed by atoms with E-state index in [1.807, 2.05) is 59.8 Å². The summed E-state index contributed by atoms with van der Waals surface area (Å²) in [5.74, 6) is -0.105. The molecular weight excluding hydrogens is 466 g/mol. The summed E-state index contributed by atoms with van der Waals surface area (Å²) < 4.78 is 5.37. The van der Waals surface area contributed by atoms with E-state index in [1.165, 1.54) is 25.7 Å². The number of allylic oxidation sites excluding steroid dienone is 3. The Hall–Kier alpha value is -1.89. The number of ether oxygens (including phenoxy) is 1. The predicted molar refractivity (Wildman–Crippen MR) is 152 cm³/mol. The summed E-state index contributed by atoms with van der Waals surface area (Å²) >= 11 is 0. The Kier molecular flexibility index (Phi) is 15.1. The van der Waals surface area contributed by atoms with Crippen LogP contribution in [0.2, 0.25) is 0 Å². The SMILES string of the molecule is C=CC=CC(C)C(OC(N)=O)C(C)C(O)C(C)CC(C)=CC(C)C(O)C(C)C=CC(O)CC1CCCC1. The zero-order valence-corrected chi connectivity index (χ0v) is 23.9. The highest BCUT2D eigenvalue weighted by Crippen LogP contribution is 2.30. The Labute approximate surface area is 225 Å². The van der Waals surface area contributed by atoms with Crippen molar-refractivity contribution < 1.29 is 24.9 Å². The summed E-state index contributed by atoms with van der Waals surface area (Å²) in [6.07, 6.45) is 14.4. The Morgan fingerprint density at radius 1 is 0.973 bits per heavy atom. The minimum absolute atomic E-state index is 0.0802. The van der Waals surface area contributed by atoms with Crippen LogP contribution < -0.4 is 5.73 Å². The fraction of sp³-hybridized carbons (Fsp3) is 0.710. The maximum absolute atomic E-state index is 11.5. The minimum atomic E-state index is -0.858.